The second-order valence-electron chi connectivity index (χ2n) is 8.51. The van der Waals surface area contributed by atoms with E-state index in [9.17, 15) is 9.59 Å². The second-order valence-corrected chi connectivity index (χ2v) is 8.95. The molecule has 0 unspecified atom stereocenters. The van der Waals surface area contributed by atoms with Crippen molar-refractivity contribution in [1.29, 1.82) is 0 Å². The Kier molecular flexibility index (Phi) is 7.36. The van der Waals surface area contributed by atoms with Crippen LogP contribution in [0.15, 0.2) is 54.6 Å². The van der Waals surface area contributed by atoms with Crippen molar-refractivity contribution in [2.45, 2.75) is 46.0 Å². The van der Waals surface area contributed by atoms with Gasteiger partial charge in [0.2, 0.25) is 0 Å². The Bertz CT molecular complexity index is 1100. The van der Waals surface area contributed by atoms with Crippen molar-refractivity contribution in [2.75, 3.05) is 11.9 Å². The van der Waals surface area contributed by atoms with Crippen LogP contribution in [0.5, 0.6) is 0 Å². The fraction of sp³-hybridized carbons (Fsp3) is 0.320. The smallest absolute Gasteiger partial charge is 0.306 e. The highest BCUT2D eigenvalue weighted by Crippen LogP contribution is 2.27. The molecule has 1 heterocycles. The van der Waals surface area contributed by atoms with Gasteiger partial charge in [0.1, 0.15) is 5.82 Å². The van der Waals surface area contributed by atoms with Gasteiger partial charge in [-0.05, 0) is 55.3 Å². The second kappa shape index (κ2) is 10.0. The highest BCUT2D eigenvalue weighted by Gasteiger charge is 2.22. The van der Waals surface area contributed by atoms with Crippen molar-refractivity contribution in [2.24, 2.45) is 0 Å². The average Bonchev–Trinajstić information content (AvgIpc) is 3.17. The molecule has 1 amide bonds. The molecule has 6 nitrogen and oxygen atoms in total. The molecule has 3 aromatic rings. The van der Waals surface area contributed by atoms with Gasteiger partial charge in [-0.1, -0.05) is 44.5 Å². The molecule has 0 aliphatic carbocycles. The predicted molar refractivity (Wildman–Crippen MR) is 127 cm³/mol. The zero-order chi connectivity index (χ0) is 23.3. The molecule has 0 radical (unpaired) electrons. The molecule has 3 rings (SSSR count). The molecule has 0 saturated carbocycles. The van der Waals surface area contributed by atoms with Crippen molar-refractivity contribution in [3.8, 4) is 5.69 Å². The molecule has 0 bridgehead atoms. The van der Waals surface area contributed by atoms with E-state index in [1.54, 1.807) is 35.9 Å². The van der Waals surface area contributed by atoms with Gasteiger partial charge < -0.3 is 10.1 Å². The first-order valence-electron chi connectivity index (χ1n) is 10.6. The summed E-state index contributed by atoms with van der Waals surface area (Å²) in [6.45, 7) is 8.38. The van der Waals surface area contributed by atoms with Crippen molar-refractivity contribution in [3.63, 3.8) is 0 Å². The van der Waals surface area contributed by atoms with Gasteiger partial charge in [-0.15, -0.1) is 0 Å². The van der Waals surface area contributed by atoms with E-state index in [0.29, 0.717) is 35.9 Å². The van der Waals surface area contributed by atoms with Gasteiger partial charge in [0.15, 0.2) is 0 Å². The van der Waals surface area contributed by atoms with Gasteiger partial charge in [0, 0.05) is 28.5 Å². The Balaban J connectivity index is 1.91. The van der Waals surface area contributed by atoms with Crippen molar-refractivity contribution < 1.29 is 14.3 Å². The van der Waals surface area contributed by atoms with E-state index in [0.717, 1.165) is 16.9 Å². The van der Waals surface area contributed by atoms with E-state index >= 15 is 0 Å². The van der Waals surface area contributed by atoms with E-state index in [-0.39, 0.29) is 17.3 Å². The number of benzene rings is 2. The Labute approximate surface area is 193 Å². The van der Waals surface area contributed by atoms with E-state index < -0.39 is 0 Å². The van der Waals surface area contributed by atoms with Crippen LogP contribution in [-0.2, 0) is 21.4 Å². The van der Waals surface area contributed by atoms with Crippen LogP contribution in [0.2, 0.25) is 5.02 Å². The minimum absolute atomic E-state index is 0.202. The zero-order valence-electron chi connectivity index (χ0n) is 18.8. The minimum atomic E-state index is -0.248. The zero-order valence-corrected chi connectivity index (χ0v) is 19.6. The van der Waals surface area contributed by atoms with Gasteiger partial charge in [-0.3, -0.25) is 9.59 Å². The first-order valence-corrected chi connectivity index (χ1v) is 11.0. The number of hydrogen-bond donors (Lipinski definition) is 1. The lowest BCUT2D eigenvalue weighted by Gasteiger charge is -2.14. The van der Waals surface area contributed by atoms with Crippen LogP contribution < -0.4 is 5.32 Å². The topological polar surface area (TPSA) is 73.2 Å². The molecular formula is C25H28ClN3O3. The third kappa shape index (κ3) is 5.98. The number of esters is 1. The lowest BCUT2D eigenvalue weighted by molar-refractivity contribution is -0.143. The fourth-order valence-corrected chi connectivity index (χ4v) is 3.27. The maximum Gasteiger partial charge on any atom is 0.306 e. The van der Waals surface area contributed by atoms with Crippen LogP contribution >= 0.6 is 11.6 Å². The summed E-state index contributed by atoms with van der Waals surface area (Å²) in [5, 5.41) is 8.31. The van der Waals surface area contributed by atoms with Gasteiger partial charge in [0.05, 0.1) is 18.0 Å². The number of ether oxygens (including phenoxy) is 1. The number of carbonyl (C=O) groups is 2. The van der Waals surface area contributed by atoms with Crippen molar-refractivity contribution in [3.05, 3.63) is 76.4 Å². The number of amides is 1. The SMILES string of the molecule is CCOC(=O)CCc1cccc(-n2nc(C(C)(C)C)cc2NC(=O)c2ccc(Cl)cc2)c1. The third-order valence-corrected chi connectivity index (χ3v) is 5.16. The first kappa shape index (κ1) is 23.5. The molecule has 1 N–H and O–H groups in total. The van der Waals surface area contributed by atoms with E-state index in [1.807, 2.05) is 30.3 Å². The Hall–Kier alpha value is -3.12. The van der Waals surface area contributed by atoms with Gasteiger partial charge in [0.25, 0.3) is 5.91 Å². The number of aryl methyl sites for hydroxylation is 1. The quantitative estimate of drug-likeness (QED) is 0.474. The Morgan fingerprint density at radius 3 is 2.47 bits per heavy atom. The number of anilines is 1. The van der Waals surface area contributed by atoms with Gasteiger partial charge in [-0.25, -0.2) is 4.68 Å². The number of hydrogen-bond acceptors (Lipinski definition) is 4. The molecule has 0 aliphatic heterocycles. The molecule has 168 valence electrons. The maximum absolute atomic E-state index is 12.8. The first-order chi connectivity index (χ1) is 15.2. The van der Waals surface area contributed by atoms with Crippen LogP contribution in [0.1, 0.15) is 55.7 Å². The number of carbonyl (C=O) groups excluding carboxylic acids is 2. The molecule has 0 aliphatic rings. The Morgan fingerprint density at radius 2 is 1.81 bits per heavy atom. The summed E-state index contributed by atoms with van der Waals surface area (Å²) in [7, 11) is 0. The van der Waals surface area contributed by atoms with Crippen LogP contribution in [0, 0.1) is 0 Å². The van der Waals surface area contributed by atoms with Gasteiger partial charge in [-0.2, -0.15) is 5.10 Å². The monoisotopic (exact) mass is 453 g/mol. The number of halogens is 1. The summed E-state index contributed by atoms with van der Waals surface area (Å²) < 4.78 is 6.74. The number of nitrogens with zero attached hydrogens (tertiary/aromatic N) is 2. The van der Waals surface area contributed by atoms with Crippen molar-refractivity contribution in [1.82, 2.24) is 9.78 Å². The van der Waals surface area contributed by atoms with E-state index in [2.05, 4.69) is 26.1 Å². The molecule has 0 fully saturated rings. The van der Waals surface area contributed by atoms with Crippen molar-refractivity contribution >= 4 is 29.3 Å². The van der Waals surface area contributed by atoms with Gasteiger partial charge >= 0.3 is 5.97 Å². The van der Waals surface area contributed by atoms with Crippen LogP contribution in [0.3, 0.4) is 0 Å². The fourth-order valence-electron chi connectivity index (χ4n) is 3.15. The van der Waals surface area contributed by atoms with E-state index in [4.69, 9.17) is 21.4 Å². The lowest BCUT2D eigenvalue weighted by atomic mass is 9.92. The highest BCUT2D eigenvalue weighted by atomic mass is 35.5. The standard InChI is InChI=1S/C25H28ClN3O3/c1-5-32-23(30)14-9-17-7-6-8-20(15-17)29-22(16-21(28-29)25(2,3)4)27-24(31)18-10-12-19(26)13-11-18/h6-8,10-13,15-16H,5,9,14H2,1-4H3,(H,27,31). The number of aromatic nitrogens is 2. The highest BCUT2D eigenvalue weighted by molar-refractivity contribution is 6.30. The van der Waals surface area contributed by atoms with Crippen LogP contribution in [0.4, 0.5) is 5.82 Å². The molecule has 0 saturated heterocycles. The van der Waals surface area contributed by atoms with Crippen LogP contribution in [0.25, 0.3) is 5.69 Å². The van der Waals surface area contributed by atoms with E-state index in [1.165, 1.54) is 0 Å². The molecule has 32 heavy (non-hydrogen) atoms. The molecule has 1 aromatic heterocycles. The molecule has 0 spiro atoms. The summed E-state index contributed by atoms with van der Waals surface area (Å²) in [6, 6.07) is 16.4. The maximum atomic E-state index is 12.8. The molecular weight excluding hydrogens is 426 g/mol. The summed E-state index contributed by atoms with van der Waals surface area (Å²) in [5.41, 5.74) is 2.93. The molecule has 7 heteroatoms. The normalized spacial score (nSPS) is 11.3. The molecule has 2 aromatic carbocycles. The lowest BCUT2D eigenvalue weighted by Crippen LogP contribution is -2.15. The summed E-state index contributed by atoms with van der Waals surface area (Å²) in [6.07, 6.45) is 0.871. The third-order valence-electron chi connectivity index (χ3n) is 4.90. The summed E-state index contributed by atoms with van der Waals surface area (Å²) in [5.74, 6) is 0.0992. The predicted octanol–water partition coefficient (Wildman–Crippen LogP) is 5.57. The Morgan fingerprint density at radius 1 is 1.09 bits per heavy atom. The summed E-state index contributed by atoms with van der Waals surface area (Å²) in [4.78, 5) is 24.5. The summed E-state index contributed by atoms with van der Waals surface area (Å²) >= 11 is 5.94. The number of nitrogens with one attached hydrogen (secondary N) is 1. The average molecular weight is 454 g/mol. The molecule has 0 atom stereocenters. The van der Waals surface area contributed by atoms with Crippen LogP contribution in [-0.4, -0.2) is 28.3 Å². The minimum Gasteiger partial charge on any atom is -0.466 e. The number of rotatable bonds is 7. The largest absolute Gasteiger partial charge is 0.466 e.